The molecule has 4 aromatic rings. The Labute approximate surface area is 183 Å². The summed E-state index contributed by atoms with van der Waals surface area (Å²) < 4.78 is 6.18. The summed E-state index contributed by atoms with van der Waals surface area (Å²) in [6.07, 6.45) is 1.85. The fourth-order valence-electron chi connectivity index (χ4n) is 3.93. The maximum absolute atomic E-state index is 5.19. The van der Waals surface area contributed by atoms with Crippen molar-refractivity contribution in [1.82, 2.24) is 25.0 Å². The lowest BCUT2D eigenvalue weighted by Crippen LogP contribution is -2.46. The molecule has 1 aliphatic heterocycles. The summed E-state index contributed by atoms with van der Waals surface area (Å²) in [6, 6.07) is 10.4. The van der Waals surface area contributed by atoms with Crippen LogP contribution in [-0.4, -0.2) is 51.2 Å². The van der Waals surface area contributed by atoms with Gasteiger partial charge in [-0.3, -0.25) is 4.90 Å². The number of nitrogens with zero attached hydrogens (tertiary/aromatic N) is 5. The third-order valence-corrected chi connectivity index (χ3v) is 6.10. The van der Waals surface area contributed by atoms with Crippen molar-refractivity contribution in [3.05, 3.63) is 58.0 Å². The Morgan fingerprint density at radius 1 is 1.10 bits per heavy atom. The molecule has 0 unspecified atom stereocenters. The molecule has 3 aromatic heterocycles. The number of aromatic amines is 1. The SMILES string of the molecule is Cc1ccc(-c2nc3ncc(Br)c(N4CCN(Cc5cc(C)on5)CC4)c3[nH]2)cc1. The molecule has 0 radical (unpaired) electrons. The van der Waals surface area contributed by atoms with Gasteiger partial charge in [-0.15, -0.1) is 0 Å². The van der Waals surface area contributed by atoms with Crippen LogP contribution in [0.5, 0.6) is 0 Å². The van der Waals surface area contributed by atoms with E-state index in [-0.39, 0.29) is 0 Å². The third kappa shape index (κ3) is 3.73. The molecule has 0 aliphatic carbocycles. The maximum Gasteiger partial charge on any atom is 0.180 e. The van der Waals surface area contributed by atoms with Gasteiger partial charge in [-0.25, -0.2) is 9.97 Å². The van der Waals surface area contributed by atoms with Crippen molar-refractivity contribution in [3.8, 4) is 11.4 Å². The summed E-state index contributed by atoms with van der Waals surface area (Å²) in [5, 5.41) is 4.12. The predicted octanol–water partition coefficient (Wildman–Crippen LogP) is 4.31. The van der Waals surface area contributed by atoms with Gasteiger partial charge in [-0.05, 0) is 29.8 Å². The third-order valence-electron chi connectivity index (χ3n) is 5.52. The Kier molecular flexibility index (Phi) is 5.04. The first-order chi connectivity index (χ1) is 14.6. The maximum atomic E-state index is 5.19. The Morgan fingerprint density at radius 2 is 1.87 bits per heavy atom. The molecule has 0 saturated carbocycles. The minimum atomic E-state index is 0.740. The van der Waals surface area contributed by atoms with Crippen molar-refractivity contribution in [2.24, 2.45) is 0 Å². The van der Waals surface area contributed by atoms with Gasteiger partial charge in [-0.2, -0.15) is 0 Å². The molecule has 1 aromatic carbocycles. The second-order valence-electron chi connectivity index (χ2n) is 7.80. The highest BCUT2D eigenvalue weighted by Crippen LogP contribution is 2.34. The molecular weight excluding hydrogens is 444 g/mol. The van der Waals surface area contributed by atoms with E-state index in [1.807, 2.05) is 19.2 Å². The van der Waals surface area contributed by atoms with E-state index in [0.29, 0.717) is 0 Å². The number of pyridine rings is 1. The van der Waals surface area contributed by atoms with Crippen LogP contribution in [0.1, 0.15) is 17.0 Å². The minimum absolute atomic E-state index is 0.740. The highest BCUT2D eigenvalue weighted by molar-refractivity contribution is 9.10. The zero-order valence-corrected chi connectivity index (χ0v) is 18.6. The van der Waals surface area contributed by atoms with Gasteiger partial charge in [0, 0.05) is 50.6 Å². The first-order valence-electron chi connectivity index (χ1n) is 10.1. The molecule has 154 valence electrons. The van der Waals surface area contributed by atoms with E-state index in [1.54, 1.807) is 0 Å². The van der Waals surface area contributed by atoms with Crippen molar-refractivity contribution in [2.45, 2.75) is 20.4 Å². The van der Waals surface area contributed by atoms with Crippen LogP contribution in [0.4, 0.5) is 5.69 Å². The Balaban J connectivity index is 1.39. The summed E-state index contributed by atoms with van der Waals surface area (Å²) in [5.74, 6) is 1.70. The zero-order valence-electron chi connectivity index (χ0n) is 17.0. The van der Waals surface area contributed by atoms with E-state index in [2.05, 4.69) is 72.0 Å². The number of fused-ring (bicyclic) bond motifs is 1. The molecule has 0 amide bonds. The number of piperazine rings is 1. The van der Waals surface area contributed by atoms with Crippen LogP contribution >= 0.6 is 15.9 Å². The summed E-state index contributed by atoms with van der Waals surface area (Å²) >= 11 is 3.71. The van der Waals surface area contributed by atoms with Gasteiger partial charge in [0.05, 0.1) is 15.9 Å². The lowest BCUT2D eigenvalue weighted by atomic mass is 10.1. The highest BCUT2D eigenvalue weighted by atomic mass is 79.9. The first kappa shape index (κ1) is 19.3. The highest BCUT2D eigenvalue weighted by Gasteiger charge is 2.23. The summed E-state index contributed by atoms with van der Waals surface area (Å²) in [6.45, 7) is 8.60. The number of H-pyrrole nitrogens is 1. The van der Waals surface area contributed by atoms with Crippen LogP contribution in [0.15, 0.2) is 45.5 Å². The topological polar surface area (TPSA) is 74.1 Å². The number of rotatable bonds is 4. The molecule has 5 rings (SSSR count). The second kappa shape index (κ2) is 7.85. The van der Waals surface area contributed by atoms with Crippen LogP contribution in [-0.2, 0) is 6.54 Å². The fourth-order valence-corrected chi connectivity index (χ4v) is 4.48. The van der Waals surface area contributed by atoms with E-state index in [9.17, 15) is 0 Å². The van der Waals surface area contributed by atoms with Gasteiger partial charge in [-0.1, -0.05) is 35.0 Å². The van der Waals surface area contributed by atoms with Gasteiger partial charge >= 0.3 is 0 Å². The molecule has 7 nitrogen and oxygen atoms in total. The molecule has 30 heavy (non-hydrogen) atoms. The average Bonchev–Trinajstić information content (AvgIpc) is 3.35. The van der Waals surface area contributed by atoms with Crippen molar-refractivity contribution >= 4 is 32.8 Å². The number of imidazole rings is 1. The summed E-state index contributed by atoms with van der Waals surface area (Å²) in [5.41, 5.74) is 6.13. The molecular formula is C22H23BrN6O. The van der Waals surface area contributed by atoms with Gasteiger partial charge in [0.15, 0.2) is 5.65 Å². The van der Waals surface area contributed by atoms with Crippen molar-refractivity contribution in [2.75, 3.05) is 31.1 Å². The number of aromatic nitrogens is 4. The number of halogens is 1. The molecule has 1 saturated heterocycles. The lowest BCUT2D eigenvalue weighted by Gasteiger charge is -2.36. The molecule has 0 bridgehead atoms. The number of hydrogen-bond donors (Lipinski definition) is 1. The summed E-state index contributed by atoms with van der Waals surface area (Å²) in [4.78, 5) is 17.6. The zero-order chi connectivity index (χ0) is 20.7. The van der Waals surface area contributed by atoms with Crippen LogP contribution in [0, 0.1) is 13.8 Å². The molecule has 1 aliphatic rings. The smallest absolute Gasteiger partial charge is 0.180 e. The molecule has 0 atom stereocenters. The minimum Gasteiger partial charge on any atom is -0.366 e. The van der Waals surface area contributed by atoms with E-state index in [0.717, 1.165) is 76.9 Å². The van der Waals surface area contributed by atoms with Crippen molar-refractivity contribution in [3.63, 3.8) is 0 Å². The van der Waals surface area contributed by atoms with Crippen molar-refractivity contribution in [1.29, 1.82) is 0 Å². The van der Waals surface area contributed by atoms with Gasteiger partial charge in [0.25, 0.3) is 0 Å². The largest absolute Gasteiger partial charge is 0.366 e. The number of nitrogens with one attached hydrogen (secondary N) is 1. The fraction of sp³-hybridized carbons (Fsp3) is 0.318. The molecule has 1 N–H and O–H groups in total. The van der Waals surface area contributed by atoms with Crippen LogP contribution in [0.2, 0.25) is 0 Å². The Bertz CT molecular complexity index is 1170. The van der Waals surface area contributed by atoms with Crippen molar-refractivity contribution < 1.29 is 4.52 Å². The van der Waals surface area contributed by atoms with Crippen LogP contribution < -0.4 is 4.90 Å². The quantitative estimate of drug-likeness (QED) is 0.482. The molecule has 4 heterocycles. The molecule has 1 fully saturated rings. The molecule has 8 heteroatoms. The standard InChI is InChI=1S/C22H23BrN6O/c1-14-3-5-16(6-4-14)21-25-19-20(18(23)12-24-22(19)26-21)29-9-7-28(8-10-29)13-17-11-15(2)30-27-17/h3-6,11-12H,7-10,13H2,1-2H3,(H,24,25,26). The number of benzene rings is 1. The number of aryl methyl sites for hydroxylation is 2. The van der Waals surface area contributed by atoms with E-state index < -0.39 is 0 Å². The lowest BCUT2D eigenvalue weighted by molar-refractivity contribution is 0.242. The number of anilines is 1. The summed E-state index contributed by atoms with van der Waals surface area (Å²) in [7, 11) is 0. The predicted molar refractivity (Wildman–Crippen MR) is 120 cm³/mol. The first-order valence-corrected chi connectivity index (χ1v) is 10.9. The second-order valence-corrected chi connectivity index (χ2v) is 8.65. The van der Waals surface area contributed by atoms with Crippen LogP contribution in [0.3, 0.4) is 0 Å². The van der Waals surface area contributed by atoms with Gasteiger partial charge in [0.1, 0.15) is 17.1 Å². The van der Waals surface area contributed by atoms with E-state index >= 15 is 0 Å². The van der Waals surface area contributed by atoms with Gasteiger partial charge in [0.2, 0.25) is 0 Å². The average molecular weight is 467 g/mol. The Morgan fingerprint density at radius 3 is 2.57 bits per heavy atom. The van der Waals surface area contributed by atoms with E-state index in [1.165, 1.54) is 5.56 Å². The van der Waals surface area contributed by atoms with Gasteiger partial charge < -0.3 is 14.4 Å². The molecule has 0 spiro atoms. The Hall–Kier alpha value is -2.71. The number of hydrogen-bond acceptors (Lipinski definition) is 6. The normalized spacial score (nSPS) is 15.2. The monoisotopic (exact) mass is 466 g/mol. The van der Waals surface area contributed by atoms with Crippen LogP contribution in [0.25, 0.3) is 22.6 Å². The van der Waals surface area contributed by atoms with E-state index in [4.69, 9.17) is 9.51 Å².